The van der Waals surface area contributed by atoms with E-state index in [1.165, 1.54) is 0 Å². The van der Waals surface area contributed by atoms with Crippen LogP contribution < -0.4 is 5.73 Å². The average Bonchev–Trinajstić information content (AvgIpc) is 2.51. The Balaban J connectivity index is -0.000000332. The molecule has 0 aromatic carbocycles. The fraction of sp³-hybridized carbons (Fsp3) is 0.733. The Hall–Kier alpha value is -1.68. The Morgan fingerprint density at radius 3 is 1.88 bits per heavy atom. The van der Waals surface area contributed by atoms with E-state index in [0.717, 1.165) is 6.08 Å². The number of carboxylic acid groups (broad SMARTS) is 1. The summed E-state index contributed by atoms with van der Waals surface area (Å²) in [6.07, 6.45) is -0.531. The Labute approximate surface area is 143 Å². The maximum atomic E-state index is 9.60. The standard InChI is InChI=1S/C9H20O4.C3H7NO2.C3H4O2/c1-7(11)5-12-9(3)6-13-8(2)4-10;1-2-6-3(4)5;1-2-3(4)5/h7-11H,4-6H2,1-3H3;2H2,1H3,(H2,4,5);2H,1H2,(H,4,5). The highest BCUT2D eigenvalue weighted by Crippen LogP contribution is 1.97. The lowest BCUT2D eigenvalue weighted by molar-refractivity contribution is -0.131. The van der Waals surface area contributed by atoms with Crippen LogP contribution in [0.25, 0.3) is 0 Å². The van der Waals surface area contributed by atoms with Crippen molar-refractivity contribution in [1.82, 2.24) is 0 Å². The molecule has 3 atom stereocenters. The van der Waals surface area contributed by atoms with E-state index in [0.29, 0.717) is 19.8 Å². The van der Waals surface area contributed by atoms with Gasteiger partial charge in [0.15, 0.2) is 0 Å². The number of carbonyl (C=O) groups is 2. The van der Waals surface area contributed by atoms with Crippen LogP contribution in [0.15, 0.2) is 12.7 Å². The first-order valence-electron chi connectivity index (χ1n) is 7.40. The Kier molecular flexibility index (Phi) is 21.9. The summed E-state index contributed by atoms with van der Waals surface area (Å²) in [4.78, 5) is 18.8. The summed E-state index contributed by atoms with van der Waals surface area (Å²) >= 11 is 0. The van der Waals surface area contributed by atoms with Crippen molar-refractivity contribution in [2.45, 2.75) is 46.0 Å². The van der Waals surface area contributed by atoms with Gasteiger partial charge in [-0.25, -0.2) is 9.59 Å². The number of carboxylic acids is 1. The number of aliphatic hydroxyl groups is 2. The lowest BCUT2D eigenvalue weighted by atomic mass is 10.4. The second kappa shape index (κ2) is 19.4. The normalized spacial score (nSPS) is 13.1. The van der Waals surface area contributed by atoms with Crippen LogP contribution in [0.1, 0.15) is 27.7 Å². The van der Waals surface area contributed by atoms with Crippen molar-refractivity contribution in [3.8, 4) is 0 Å². The number of carbonyl (C=O) groups excluding carboxylic acids is 1. The van der Waals surface area contributed by atoms with Gasteiger partial charge in [-0.15, -0.1) is 0 Å². The predicted molar refractivity (Wildman–Crippen MR) is 88.6 cm³/mol. The Morgan fingerprint density at radius 2 is 1.62 bits per heavy atom. The third kappa shape index (κ3) is 32.3. The number of aliphatic hydroxyl groups excluding tert-OH is 2. The van der Waals surface area contributed by atoms with Gasteiger partial charge in [0.25, 0.3) is 0 Å². The van der Waals surface area contributed by atoms with Crippen molar-refractivity contribution in [3.63, 3.8) is 0 Å². The van der Waals surface area contributed by atoms with Gasteiger partial charge in [0.05, 0.1) is 44.7 Å². The molecule has 0 aliphatic heterocycles. The number of hydrogen-bond donors (Lipinski definition) is 4. The number of rotatable bonds is 9. The molecule has 0 spiro atoms. The largest absolute Gasteiger partial charge is 0.478 e. The van der Waals surface area contributed by atoms with Crippen LogP contribution in [0.2, 0.25) is 0 Å². The van der Waals surface area contributed by atoms with Gasteiger partial charge in [-0.1, -0.05) is 6.58 Å². The molecule has 0 aromatic heterocycles. The lowest BCUT2D eigenvalue weighted by Gasteiger charge is -2.16. The van der Waals surface area contributed by atoms with E-state index in [2.05, 4.69) is 17.0 Å². The van der Waals surface area contributed by atoms with E-state index in [1.807, 2.05) is 6.92 Å². The number of primary amides is 1. The molecule has 24 heavy (non-hydrogen) atoms. The molecule has 9 heteroatoms. The van der Waals surface area contributed by atoms with E-state index in [4.69, 9.17) is 24.8 Å². The molecule has 0 aliphatic rings. The molecule has 5 N–H and O–H groups in total. The van der Waals surface area contributed by atoms with Gasteiger partial charge in [-0.05, 0) is 27.7 Å². The van der Waals surface area contributed by atoms with E-state index in [9.17, 15) is 9.59 Å². The average molecular weight is 353 g/mol. The summed E-state index contributed by atoms with van der Waals surface area (Å²) in [6.45, 7) is 11.1. The van der Waals surface area contributed by atoms with Crippen molar-refractivity contribution >= 4 is 12.1 Å². The van der Waals surface area contributed by atoms with E-state index < -0.39 is 18.2 Å². The highest BCUT2D eigenvalue weighted by Gasteiger charge is 2.06. The minimum Gasteiger partial charge on any atom is -0.478 e. The number of ether oxygens (including phenoxy) is 3. The van der Waals surface area contributed by atoms with Crippen LogP contribution in [0, 0.1) is 0 Å². The Bertz CT molecular complexity index is 323. The van der Waals surface area contributed by atoms with E-state index >= 15 is 0 Å². The first-order valence-corrected chi connectivity index (χ1v) is 7.40. The second-order valence-electron chi connectivity index (χ2n) is 4.61. The molecule has 144 valence electrons. The summed E-state index contributed by atoms with van der Waals surface area (Å²) in [5, 5.41) is 25.2. The zero-order valence-corrected chi connectivity index (χ0v) is 14.8. The van der Waals surface area contributed by atoms with Crippen LogP contribution in [-0.4, -0.2) is 72.1 Å². The predicted octanol–water partition coefficient (Wildman–Crippen LogP) is 0.528. The molecule has 1 amide bonds. The topological polar surface area (TPSA) is 149 Å². The zero-order valence-electron chi connectivity index (χ0n) is 14.8. The SMILES string of the molecule is C=CC(=O)O.CC(O)COC(C)COC(C)CO.CCOC(N)=O. The van der Waals surface area contributed by atoms with Gasteiger partial charge in [0.2, 0.25) is 0 Å². The molecule has 0 aromatic rings. The van der Waals surface area contributed by atoms with Crippen LogP contribution in [0.4, 0.5) is 4.79 Å². The molecule has 0 fully saturated rings. The number of aliphatic carboxylic acids is 1. The smallest absolute Gasteiger partial charge is 0.404 e. The third-order valence-corrected chi connectivity index (χ3v) is 1.96. The highest BCUT2D eigenvalue weighted by molar-refractivity contribution is 5.78. The van der Waals surface area contributed by atoms with Crippen molar-refractivity contribution in [1.29, 1.82) is 0 Å². The van der Waals surface area contributed by atoms with Gasteiger partial charge in [0.1, 0.15) is 0 Å². The molecule has 0 rings (SSSR count). The van der Waals surface area contributed by atoms with Gasteiger partial charge in [-0.3, -0.25) is 0 Å². The van der Waals surface area contributed by atoms with Crippen LogP contribution >= 0.6 is 0 Å². The molecule has 9 nitrogen and oxygen atoms in total. The molecule has 0 saturated heterocycles. The van der Waals surface area contributed by atoms with E-state index in [-0.39, 0.29) is 18.8 Å². The van der Waals surface area contributed by atoms with Crippen LogP contribution in [0.5, 0.6) is 0 Å². The first-order chi connectivity index (χ1) is 11.1. The minimum atomic E-state index is -0.981. The second-order valence-corrected chi connectivity index (χ2v) is 4.61. The molecule has 0 bridgehead atoms. The van der Waals surface area contributed by atoms with Gasteiger partial charge < -0.3 is 35.3 Å². The first kappa shape index (κ1) is 27.2. The van der Waals surface area contributed by atoms with Crippen molar-refractivity contribution in [3.05, 3.63) is 12.7 Å². The number of hydrogen-bond acceptors (Lipinski definition) is 7. The summed E-state index contributed by atoms with van der Waals surface area (Å²) in [5.41, 5.74) is 4.54. The lowest BCUT2D eigenvalue weighted by Crippen LogP contribution is -2.24. The van der Waals surface area contributed by atoms with E-state index in [1.54, 1.807) is 20.8 Å². The fourth-order valence-electron chi connectivity index (χ4n) is 0.846. The fourth-order valence-corrected chi connectivity index (χ4v) is 0.846. The molecule has 0 heterocycles. The monoisotopic (exact) mass is 353 g/mol. The summed E-state index contributed by atoms with van der Waals surface area (Å²) in [5.74, 6) is -0.981. The molecular formula is C15H31NO8. The summed E-state index contributed by atoms with van der Waals surface area (Å²) in [7, 11) is 0. The molecule has 0 aliphatic carbocycles. The zero-order chi connectivity index (χ0) is 19.5. The minimum absolute atomic E-state index is 0.0170. The van der Waals surface area contributed by atoms with Crippen molar-refractivity contribution < 1.29 is 39.1 Å². The number of amides is 1. The van der Waals surface area contributed by atoms with Crippen molar-refractivity contribution in [2.24, 2.45) is 5.73 Å². The van der Waals surface area contributed by atoms with Crippen LogP contribution in [-0.2, 0) is 19.0 Å². The molecule has 0 saturated carbocycles. The third-order valence-electron chi connectivity index (χ3n) is 1.96. The summed E-state index contributed by atoms with van der Waals surface area (Å²) < 4.78 is 14.7. The summed E-state index contributed by atoms with van der Waals surface area (Å²) in [6, 6.07) is 0. The Morgan fingerprint density at radius 1 is 1.17 bits per heavy atom. The van der Waals surface area contributed by atoms with Gasteiger partial charge in [0, 0.05) is 6.08 Å². The highest BCUT2D eigenvalue weighted by atomic mass is 16.5. The maximum Gasteiger partial charge on any atom is 0.404 e. The van der Waals surface area contributed by atoms with Crippen LogP contribution in [0.3, 0.4) is 0 Å². The van der Waals surface area contributed by atoms with Gasteiger partial charge >= 0.3 is 12.1 Å². The van der Waals surface area contributed by atoms with Crippen molar-refractivity contribution in [2.75, 3.05) is 26.4 Å². The number of nitrogens with two attached hydrogens (primary N) is 1. The maximum absolute atomic E-state index is 9.60. The molecule has 0 radical (unpaired) electrons. The van der Waals surface area contributed by atoms with Gasteiger partial charge in [-0.2, -0.15) is 0 Å². The quantitative estimate of drug-likeness (QED) is 0.439. The molecular weight excluding hydrogens is 322 g/mol. The molecule has 3 unspecified atom stereocenters.